The normalized spacial score (nSPS) is 22.9. The summed E-state index contributed by atoms with van der Waals surface area (Å²) in [6.07, 6.45) is 3.99. The van der Waals surface area contributed by atoms with Crippen LogP contribution in [0, 0.1) is 0 Å². The maximum absolute atomic E-state index is 5.99. The molecule has 2 aromatic carbocycles. The van der Waals surface area contributed by atoms with Crippen LogP contribution in [0.25, 0.3) is 10.8 Å². The van der Waals surface area contributed by atoms with Crippen LogP contribution >= 0.6 is 15.9 Å². The first-order valence-corrected chi connectivity index (χ1v) is 9.00. The molecule has 0 bridgehead atoms. The lowest BCUT2D eigenvalue weighted by Gasteiger charge is -2.38. The van der Waals surface area contributed by atoms with Crippen molar-refractivity contribution in [2.45, 2.75) is 45.2 Å². The van der Waals surface area contributed by atoms with Gasteiger partial charge in [-0.25, -0.2) is 0 Å². The summed E-state index contributed by atoms with van der Waals surface area (Å²) in [5.74, 6) is 0.965. The number of likely N-dealkylation sites (tertiary alicyclic amines) is 1. The highest BCUT2D eigenvalue weighted by Gasteiger charge is 2.24. The van der Waals surface area contributed by atoms with E-state index in [4.69, 9.17) is 4.74 Å². The molecule has 3 rings (SSSR count). The molecular weight excluding hydrogens is 338 g/mol. The minimum atomic E-state index is 0.682. The first-order chi connectivity index (χ1) is 10.6. The molecule has 0 amide bonds. The number of benzene rings is 2. The fraction of sp³-hybridized carbons (Fsp3) is 0.474. The zero-order chi connectivity index (χ0) is 15.5. The Morgan fingerprint density at radius 1 is 1.05 bits per heavy atom. The monoisotopic (exact) mass is 361 g/mol. The zero-order valence-electron chi connectivity index (χ0n) is 13.4. The molecule has 118 valence electrons. The Morgan fingerprint density at radius 3 is 2.50 bits per heavy atom. The van der Waals surface area contributed by atoms with Gasteiger partial charge in [-0.15, -0.1) is 0 Å². The Labute approximate surface area is 141 Å². The third-order valence-electron chi connectivity index (χ3n) is 4.77. The van der Waals surface area contributed by atoms with Crippen molar-refractivity contribution in [3.63, 3.8) is 0 Å². The molecular formula is C19H24BrNO. The Morgan fingerprint density at radius 2 is 1.73 bits per heavy atom. The van der Waals surface area contributed by atoms with E-state index in [1.807, 2.05) is 0 Å². The summed E-state index contributed by atoms with van der Waals surface area (Å²) < 4.78 is 7.10. The smallest absolute Gasteiger partial charge is 0.120 e. The first-order valence-electron chi connectivity index (χ1n) is 8.21. The molecule has 0 aliphatic carbocycles. The van der Waals surface area contributed by atoms with Crippen LogP contribution in [-0.2, 0) is 0 Å². The molecule has 1 fully saturated rings. The number of hydrogen-bond acceptors (Lipinski definition) is 2. The summed E-state index contributed by atoms with van der Waals surface area (Å²) in [5.41, 5.74) is 0. The van der Waals surface area contributed by atoms with Gasteiger partial charge in [-0.3, -0.25) is 4.90 Å². The number of nitrogens with zero attached hydrogens (tertiary/aromatic N) is 1. The van der Waals surface area contributed by atoms with Crippen molar-refractivity contribution in [2.24, 2.45) is 0 Å². The molecule has 0 spiro atoms. The molecule has 22 heavy (non-hydrogen) atoms. The van der Waals surface area contributed by atoms with E-state index in [1.165, 1.54) is 30.0 Å². The highest BCUT2D eigenvalue weighted by Crippen LogP contribution is 2.25. The highest BCUT2D eigenvalue weighted by molar-refractivity contribution is 9.10. The largest absolute Gasteiger partial charge is 0.492 e. The summed E-state index contributed by atoms with van der Waals surface area (Å²) >= 11 is 3.51. The third-order valence-corrected chi connectivity index (χ3v) is 5.26. The zero-order valence-corrected chi connectivity index (χ0v) is 15.0. The number of piperidine rings is 1. The van der Waals surface area contributed by atoms with E-state index in [-0.39, 0.29) is 0 Å². The van der Waals surface area contributed by atoms with Crippen molar-refractivity contribution in [3.8, 4) is 5.75 Å². The van der Waals surface area contributed by atoms with E-state index in [2.05, 4.69) is 71.1 Å². The summed E-state index contributed by atoms with van der Waals surface area (Å²) in [4.78, 5) is 2.58. The maximum atomic E-state index is 5.99. The quantitative estimate of drug-likeness (QED) is 0.737. The molecule has 0 unspecified atom stereocenters. The van der Waals surface area contributed by atoms with Gasteiger partial charge in [0, 0.05) is 23.1 Å². The molecule has 1 aliphatic heterocycles. The number of hydrogen-bond donors (Lipinski definition) is 0. The van der Waals surface area contributed by atoms with Gasteiger partial charge in [0.1, 0.15) is 12.4 Å². The molecule has 1 heterocycles. The lowest BCUT2D eigenvalue weighted by Crippen LogP contribution is -2.45. The Bertz CT molecular complexity index is 632. The van der Waals surface area contributed by atoms with Crippen LogP contribution in [-0.4, -0.2) is 30.1 Å². The number of fused-ring (bicyclic) bond motifs is 1. The highest BCUT2D eigenvalue weighted by atomic mass is 79.9. The van der Waals surface area contributed by atoms with Gasteiger partial charge in [-0.1, -0.05) is 34.5 Å². The predicted molar refractivity (Wildman–Crippen MR) is 96.6 cm³/mol. The number of rotatable bonds is 4. The topological polar surface area (TPSA) is 12.5 Å². The molecule has 0 aromatic heterocycles. The number of ether oxygens (including phenoxy) is 1. The lowest BCUT2D eigenvalue weighted by molar-refractivity contribution is 0.0852. The second-order valence-electron chi connectivity index (χ2n) is 6.37. The van der Waals surface area contributed by atoms with Crippen molar-refractivity contribution < 1.29 is 4.74 Å². The molecule has 1 aliphatic rings. The van der Waals surface area contributed by atoms with Gasteiger partial charge in [0.2, 0.25) is 0 Å². The molecule has 1 saturated heterocycles. The molecule has 0 radical (unpaired) electrons. The minimum absolute atomic E-state index is 0.682. The molecule has 0 N–H and O–H groups in total. The van der Waals surface area contributed by atoms with Crippen LogP contribution in [0.4, 0.5) is 0 Å². The molecule has 0 saturated carbocycles. The number of halogens is 1. The van der Waals surface area contributed by atoms with E-state index in [0.29, 0.717) is 12.1 Å². The van der Waals surface area contributed by atoms with E-state index in [1.54, 1.807) is 0 Å². The lowest BCUT2D eigenvalue weighted by atomic mass is 9.98. The van der Waals surface area contributed by atoms with E-state index >= 15 is 0 Å². The van der Waals surface area contributed by atoms with E-state index in [9.17, 15) is 0 Å². The van der Waals surface area contributed by atoms with Crippen molar-refractivity contribution in [1.29, 1.82) is 0 Å². The van der Waals surface area contributed by atoms with Gasteiger partial charge in [0.15, 0.2) is 0 Å². The van der Waals surface area contributed by atoms with Crippen molar-refractivity contribution in [2.75, 3.05) is 13.2 Å². The summed E-state index contributed by atoms with van der Waals surface area (Å²) in [6, 6.07) is 14.0. The van der Waals surface area contributed by atoms with Crippen LogP contribution in [0.5, 0.6) is 5.75 Å². The summed E-state index contributed by atoms with van der Waals surface area (Å²) in [6.45, 7) is 6.45. The average Bonchev–Trinajstić information content (AvgIpc) is 2.50. The van der Waals surface area contributed by atoms with Gasteiger partial charge >= 0.3 is 0 Å². The van der Waals surface area contributed by atoms with Crippen LogP contribution < -0.4 is 4.74 Å². The van der Waals surface area contributed by atoms with Gasteiger partial charge in [-0.05, 0) is 61.7 Å². The first kappa shape index (κ1) is 15.8. The van der Waals surface area contributed by atoms with Crippen LogP contribution in [0.2, 0.25) is 0 Å². The predicted octanol–water partition coefficient (Wildman–Crippen LogP) is 5.24. The van der Waals surface area contributed by atoms with E-state index in [0.717, 1.165) is 23.4 Å². The summed E-state index contributed by atoms with van der Waals surface area (Å²) in [5, 5.41) is 2.46. The van der Waals surface area contributed by atoms with Crippen LogP contribution in [0.3, 0.4) is 0 Å². The van der Waals surface area contributed by atoms with Crippen LogP contribution in [0.15, 0.2) is 40.9 Å². The third kappa shape index (κ3) is 3.64. The van der Waals surface area contributed by atoms with E-state index < -0.39 is 0 Å². The van der Waals surface area contributed by atoms with Crippen LogP contribution in [0.1, 0.15) is 33.1 Å². The molecule has 3 heteroatoms. The Balaban J connectivity index is 1.60. The molecule has 2 aromatic rings. The molecule has 2 nitrogen and oxygen atoms in total. The second-order valence-corrected chi connectivity index (χ2v) is 7.28. The summed E-state index contributed by atoms with van der Waals surface area (Å²) in [7, 11) is 0. The fourth-order valence-electron chi connectivity index (χ4n) is 3.47. The Hall–Kier alpha value is -1.06. The standard InChI is InChI=1S/C19H24BrNO/c1-14-4-3-5-15(2)21(14)10-11-22-19-9-7-16-12-18(20)8-6-17(16)13-19/h6-9,12-15H,3-5,10-11H2,1-2H3/t14-,15+. The van der Waals surface area contributed by atoms with Crippen molar-refractivity contribution in [1.82, 2.24) is 4.90 Å². The Kier molecular flexibility index (Phi) is 5.04. The SMILES string of the molecule is C[C@@H]1CCC[C@H](C)N1CCOc1ccc2cc(Br)ccc2c1. The second kappa shape index (κ2) is 7.01. The maximum Gasteiger partial charge on any atom is 0.120 e. The minimum Gasteiger partial charge on any atom is -0.492 e. The fourth-order valence-corrected chi connectivity index (χ4v) is 3.85. The van der Waals surface area contributed by atoms with Gasteiger partial charge < -0.3 is 4.74 Å². The van der Waals surface area contributed by atoms with Gasteiger partial charge in [0.05, 0.1) is 0 Å². The van der Waals surface area contributed by atoms with Crippen molar-refractivity contribution in [3.05, 3.63) is 40.9 Å². The average molecular weight is 362 g/mol. The van der Waals surface area contributed by atoms with Gasteiger partial charge in [-0.2, -0.15) is 0 Å². The van der Waals surface area contributed by atoms with Crippen molar-refractivity contribution >= 4 is 26.7 Å². The molecule has 2 atom stereocenters. The van der Waals surface area contributed by atoms with Gasteiger partial charge in [0.25, 0.3) is 0 Å².